The van der Waals surface area contributed by atoms with E-state index in [9.17, 15) is 4.79 Å². The van der Waals surface area contributed by atoms with Crippen LogP contribution >= 0.6 is 11.3 Å². The van der Waals surface area contributed by atoms with E-state index in [-0.39, 0.29) is 5.91 Å². The standard InChI is InChI=1S/C25H35N3OS/c1-20-6-8-21(9-7-20)22-18-24(30-19-22)25(29)26-12-5-13-27-16-10-23(11-17-27)28-14-3-2-4-15-28/h6-9,18-19,23H,2-5,10-17H2,1H3,(H,26,29). The molecule has 0 aliphatic carbocycles. The van der Waals surface area contributed by atoms with Crippen molar-refractivity contribution in [2.75, 3.05) is 39.3 Å². The molecule has 162 valence electrons. The van der Waals surface area contributed by atoms with Crippen LogP contribution < -0.4 is 5.32 Å². The second-order valence-corrected chi connectivity index (χ2v) is 9.76. The molecular formula is C25H35N3OS. The van der Waals surface area contributed by atoms with Crippen LogP contribution in [0.5, 0.6) is 0 Å². The van der Waals surface area contributed by atoms with E-state index in [0.717, 1.165) is 36.0 Å². The van der Waals surface area contributed by atoms with Gasteiger partial charge in [-0.3, -0.25) is 4.79 Å². The summed E-state index contributed by atoms with van der Waals surface area (Å²) < 4.78 is 0. The van der Waals surface area contributed by atoms with E-state index >= 15 is 0 Å². The number of nitrogens with one attached hydrogen (secondary N) is 1. The number of carbonyl (C=O) groups is 1. The SMILES string of the molecule is Cc1ccc(-c2csc(C(=O)NCCCN3CCC(N4CCCCC4)CC3)c2)cc1. The van der Waals surface area contributed by atoms with Crippen molar-refractivity contribution in [3.05, 3.63) is 46.2 Å². The highest BCUT2D eigenvalue weighted by Gasteiger charge is 2.25. The van der Waals surface area contributed by atoms with E-state index in [1.54, 1.807) is 0 Å². The van der Waals surface area contributed by atoms with Crippen molar-refractivity contribution >= 4 is 17.2 Å². The van der Waals surface area contributed by atoms with Gasteiger partial charge in [0.2, 0.25) is 0 Å². The average molecular weight is 426 g/mol. The smallest absolute Gasteiger partial charge is 0.261 e. The summed E-state index contributed by atoms with van der Waals surface area (Å²) in [6.07, 6.45) is 7.83. The summed E-state index contributed by atoms with van der Waals surface area (Å²) in [6.45, 7) is 8.97. The zero-order valence-electron chi connectivity index (χ0n) is 18.2. The fourth-order valence-corrected chi connectivity index (χ4v) is 5.57. The van der Waals surface area contributed by atoms with E-state index in [0.29, 0.717) is 0 Å². The molecule has 2 aliphatic heterocycles. The zero-order valence-corrected chi connectivity index (χ0v) is 19.1. The molecule has 2 aromatic rings. The number of nitrogens with zero attached hydrogens (tertiary/aromatic N) is 2. The molecule has 0 bridgehead atoms. The zero-order chi connectivity index (χ0) is 20.8. The monoisotopic (exact) mass is 425 g/mol. The lowest BCUT2D eigenvalue weighted by Crippen LogP contribution is -2.47. The topological polar surface area (TPSA) is 35.6 Å². The molecule has 0 saturated carbocycles. The van der Waals surface area contributed by atoms with Crippen molar-refractivity contribution < 1.29 is 4.79 Å². The minimum atomic E-state index is 0.0576. The van der Waals surface area contributed by atoms with Crippen LogP contribution in [0.2, 0.25) is 0 Å². The number of amides is 1. The number of hydrogen-bond donors (Lipinski definition) is 1. The van der Waals surface area contributed by atoms with Crippen molar-refractivity contribution in [3.63, 3.8) is 0 Å². The van der Waals surface area contributed by atoms with E-state index in [1.807, 2.05) is 6.07 Å². The lowest BCUT2D eigenvalue weighted by Gasteiger charge is -2.40. The lowest BCUT2D eigenvalue weighted by molar-refractivity contribution is 0.0904. The molecule has 3 heterocycles. The Morgan fingerprint density at radius 2 is 1.77 bits per heavy atom. The molecule has 4 nitrogen and oxygen atoms in total. The summed E-state index contributed by atoms with van der Waals surface area (Å²) in [4.78, 5) is 18.6. The normalized spacial score (nSPS) is 19.1. The van der Waals surface area contributed by atoms with Gasteiger partial charge in [-0.1, -0.05) is 36.2 Å². The number of hydrogen-bond acceptors (Lipinski definition) is 4. The van der Waals surface area contributed by atoms with E-state index < -0.39 is 0 Å². The van der Waals surface area contributed by atoms with Crippen LogP contribution in [0.15, 0.2) is 35.7 Å². The Kier molecular flexibility index (Phi) is 7.58. The quantitative estimate of drug-likeness (QED) is 0.648. The summed E-state index contributed by atoms with van der Waals surface area (Å²) in [5.41, 5.74) is 3.55. The molecule has 0 atom stereocenters. The first-order valence-corrected chi connectivity index (χ1v) is 12.5. The van der Waals surface area contributed by atoms with Gasteiger partial charge in [0.05, 0.1) is 4.88 Å². The maximum atomic E-state index is 12.5. The Bertz CT molecular complexity index is 802. The third kappa shape index (κ3) is 5.71. The summed E-state index contributed by atoms with van der Waals surface area (Å²) in [5, 5.41) is 5.18. The van der Waals surface area contributed by atoms with Gasteiger partial charge in [0.1, 0.15) is 0 Å². The van der Waals surface area contributed by atoms with Crippen LogP contribution in [0.25, 0.3) is 11.1 Å². The van der Waals surface area contributed by atoms with Crippen LogP contribution in [0, 0.1) is 6.92 Å². The molecule has 1 aromatic carbocycles. The van der Waals surface area contributed by atoms with Gasteiger partial charge in [-0.05, 0) is 94.3 Å². The Morgan fingerprint density at radius 3 is 2.50 bits per heavy atom. The molecule has 4 rings (SSSR count). The largest absolute Gasteiger partial charge is 0.351 e. The van der Waals surface area contributed by atoms with Gasteiger partial charge >= 0.3 is 0 Å². The third-order valence-electron chi connectivity index (χ3n) is 6.61. The highest BCUT2D eigenvalue weighted by atomic mass is 32.1. The van der Waals surface area contributed by atoms with Crippen molar-refractivity contribution in [3.8, 4) is 11.1 Å². The minimum absolute atomic E-state index is 0.0576. The first-order valence-electron chi connectivity index (χ1n) is 11.6. The number of rotatable bonds is 7. The van der Waals surface area contributed by atoms with Crippen molar-refractivity contribution in [1.29, 1.82) is 0 Å². The molecule has 0 radical (unpaired) electrons. The number of piperidine rings is 2. The van der Waals surface area contributed by atoms with Gasteiger partial charge in [0, 0.05) is 12.6 Å². The van der Waals surface area contributed by atoms with Gasteiger partial charge < -0.3 is 15.1 Å². The van der Waals surface area contributed by atoms with Crippen molar-refractivity contribution in [2.45, 2.75) is 51.5 Å². The molecule has 0 spiro atoms. The number of aryl methyl sites for hydroxylation is 1. The van der Waals surface area contributed by atoms with Gasteiger partial charge in [-0.15, -0.1) is 11.3 Å². The second-order valence-electron chi connectivity index (χ2n) is 8.84. The molecule has 1 aromatic heterocycles. The number of thiophene rings is 1. The lowest BCUT2D eigenvalue weighted by atomic mass is 10.00. The average Bonchev–Trinajstić information content (AvgIpc) is 3.28. The molecule has 2 saturated heterocycles. The minimum Gasteiger partial charge on any atom is -0.351 e. The summed E-state index contributed by atoms with van der Waals surface area (Å²) in [6, 6.07) is 11.3. The summed E-state index contributed by atoms with van der Waals surface area (Å²) >= 11 is 1.53. The first-order chi connectivity index (χ1) is 14.7. The van der Waals surface area contributed by atoms with Crippen molar-refractivity contribution in [2.24, 2.45) is 0 Å². The molecule has 2 aliphatic rings. The van der Waals surface area contributed by atoms with Crippen LogP contribution in [0.1, 0.15) is 53.8 Å². The van der Waals surface area contributed by atoms with Gasteiger partial charge in [0.15, 0.2) is 0 Å². The highest BCUT2D eigenvalue weighted by Crippen LogP contribution is 2.26. The van der Waals surface area contributed by atoms with Gasteiger partial charge in [-0.2, -0.15) is 0 Å². The Balaban J connectivity index is 1.15. The predicted molar refractivity (Wildman–Crippen MR) is 126 cm³/mol. The van der Waals surface area contributed by atoms with Crippen LogP contribution in [-0.4, -0.2) is 61.0 Å². The Morgan fingerprint density at radius 1 is 1.03 bits per heavy atom. The van der Waals surface area contributed by atoms with Crippen LogP contribution in [0.3, 0.4) is 0 Å². The molecule has 1 amide bonds. The number of likely N-dealkylation sites (tertiary alicyclic amines) is 2. The highest BCUT2D eigenvalue weighted by molar-refractivity contribution is 7.12. The second kappa shape index (κ2) is 10.6. The molecular weight excluding hydrogens is 390 g/mol. The summed E-state index contributed by atoms with van der Waals surface area (Å²) in [5.74, 6) is 0.0576. The molecule has 1 N–H and O–H groups in total. The van der Waals surface area contributed by atoms with E-state index in [4.69, 9.17) is 0 Å². The molecule has 30 heavy (non-hydrogen) atoms. The van der Waals surface area contributed by atoms with Crippen LogP contribution in [0.4, 0.5) is 0 Å². The fourth-order valence-electron chi connectivity index (χ4n) is 4.74. The third-order valence-corrected chi connectivity index (χ3v) is 7.54. The number of carbonyl (C=O) groups excluding carboxylic acids is 1. The van der Waals surface area contributed by atoms with Gasteiger partial charge in [0.25, 0.3) is 5.91 Å². The van der Waals surface area contributed by atoms with Gasteiger partial charge in [-0.25, -0.2) is 0 Å². The molecule has 2 fully saturated rings. The number of benzene rings is 1. The van der Waals surface area contributed by atoms with E-state index in [2.05, 4.69) is 51.7 Å². The molecule has 0 unspecified atom stereocenters. The van der Waals surface area contributed by atoms with Crippen LogP contribution in [-0.2, 0) is 0 Å². The Labute approximate surface area is 185 Å². The Hall–Kier alpha value is -1.69. The molecule has 5 heteroatoms. The predicted octanol–water partition coefficient (Wildman–Crippen LogP) is 4.79. The summed E-state index contributed by atoms with van der Waals surface area (Å²) in [7, 11) is 0. The maximum absolute atomic E-state index is 12.5. The fraction of sp³-hybridized carbons (Fsp3) is 0.560. The van der Waals surface area contributed by atoms with E-state index in [1.165, 1.54) is 80.7 Å². The maximum Gasteiger partial charge on any atom is 0.261 e. The van der Waals surface area contributed by atoms with Crippen molar-refractivity contribution in [1.82, 2.24) is 15.1 Å². The first kappa shape index (κ1) is 21.5.